The van der Waals surface area contributed by atoms with Crippen molar-refractivity contribution in [3.63, 3.8) is 0 Å². The average Bonchev–Trinajstić information content (AvgIpc) is 3.16. The lowest BCUT2D eigenvalue weighted by molar-refractivity contribution is -0.118. The van der Waals surface area contributed by atoms with Gasteiger partial charge in [-0.1, -0.05) is 66.4 Å². The van der Waals surface area contributed by atoms with Crippen molar-refractivity contribution in [3.05, 3.63) is 100 Å². The zero-order chi connectivity index (χ0) is 23.7. The second-order valence-electron chi connectivity index (χ2n) is 7.76. The molecule has 1 aliphatic heterocycles. The third kappa shape index (κ3) is 4.35. The summed E-state index contributed by atoms with van der Waals surface area (Å²) in [6.45, 7) is 0. The summed E-state index contributed by atoms with van der Waals surface area (Å²) in [5, 5.41) is 4.60. The minimum Gasteiger partial charge on any atom is -0.450 e. The van der Waals surface area contributed by atoms with Gasteiger partial charge in [-0.3, -0.25) is 24.5 Å². The average molecular weight is 471 g/mol. The van der Waals surface area contributed by atoms with Crippen LogP contribution in [-0.4, -0.2) is 22.3 Å². The van der Waals surface area contributed by atoms with Crippen LogP contribution in [0.5, 0.6) is 0 Å². The van der Waals surface area contributed by atoms with Crippen LogP contribution in [0.2, 0.25) is 0 Å². The summed E-state index contributed by atoms with van der Waals surface area (Å²) >= 11 is 0.971. The lowest BCUT2D eigenvalue weighted by Gasteiger charge is -2.10. The highest BCUT2D eigenvalue weighted by Crippen LogP contribution is 2.28. The summed E-state index contributed by atoms with van der Waals surface area (Å²) in [5.41, 5.74) is 3.00. The third-order valence-electron chi connectivity index (χ3n) is 5.46. The normalized spacial score (nSPS) is 15.4. The summed E-state index contributed by atoms with van der Waals surface area (Å²) in [6, 6.07) is 22.9. The standard InChI is InChI=1S/C26H18N2O5S/c29-20-14-21(33-23-18(7-4-8-19(20)23)16-5-2-1-3-6-16)24(30)27-17-11-9-15(10-12-17)13-22-25(31)28-26(32)34-22/h1-12,14,22H,13H2,(H,27,30)(H,28,31,32). The highest BCUT2D eigenvalue weighted by Gasteiger charge is 2.31. The Bertz CT molecular complexity index is 1480. The maximum absolute atomic E-state index is 12.9. The van der Waals surface area contributed by atoms with Gasteiger partial charge in [0.05, 0.1) is 10.6 Å². The molecule has 1 fully saturated rings. The van der Waals surface area contributed by atoms with E-state index in [1.807, 2.05) is 36.4 Å². The van der Waals surface area contributed by atoms with Gasteiger partial charge in [0.25, 0.3) is 11.1 Å². The van der Waals surface area contributed by atoms with Gasteiger partial charge in [-0.05, 0) is 35.7 Å². The van der Waals surface area contributed by atoms with Crippen LogP contribution in [0.4, 0.5) is 10.5 Å². The fourth-order valence-corrected chi connectivity index (χ4v) is 4.65. The maximum Gasteiger partial charge on any atom is 0.291 e. The number of hydrogen-bond acceptors (Lipinski definition) is 6. The van der Waals surface area contributed by atoms with E-state index >= 15 is 0 Å². The van der Waals surface area contributed by atoms with Crippen LogP contribution in [0.1, 0.15) is 16.1 Å². The van der Waals surface area contributed by atoms with E-state index in [2.05, 4.69) is 10.6 Å². The monoisotopic (exact) mass is 470 g/mol. The van der Waals surface area contributed by atoms with Gasteiger partial charge in [0.1, 0.15) is 5.58 Å². The van der Waals surface area contributed by atoms with Crippen molar-refractivity contribution in [2.75, 3.05) is 5.32 Å². The number of carbonyl (C=O) groups is 3. The molecule has 0 spiro atoms. The van der Waals surface area contributed by atoms with Gasteiger partial charge in [-0.25, -0.2) is 0 Å². The Morgan fingerprint density at radius 2 is 1.71 bits per heavy atom. The number of rotatable bonds is 5. The van der Waals surface area contributed by atoms with Gasteiger partial charge in [-0.15, -0.1) is 0 Å². The van der Waals surface area contributed by atoms with E-state index in [0.29, 0.717) is 23.1 Å². The highest BCUT2D eigenvalue weighted by atomic mass is 32.2. The number of nitrogens with one attached hydrogen (secondary N) is 2. The number of benzene rings is 3. The molecule has 7 nitrogen and oxygen atoms in total. The fourth-order valence-electron chi connectivity index (χ4n) is 3.79. The minimum atomic E-state index is -0.550. The number of anilines is 1. The van der Waals surface area contributed by atoms with Crippen LogP contribution in [0.25, 0.3) is 22.1 Å². The molecule has 0 saturated carbocycles. The largest absolute Gasteiger partial charge is 0.450 e. The van der Waals surface area contributed by atoms with Crippen molar-refractivity contribution in [3.8, 4) is 11.1 Å². The van der Waals surface area contributed by atoms with Crippen LogP contribution in [0, 0.1) is 0 Å². The molecule has 0 aliphatic carbocycles. The highest BCUT2D eigenvalue weighted by molar-refractivity contribution is 8.15. The Morgan fingerprint density at radius 3 is 2.41 bits per heavy atom. The van der Waals surface area contributed by atoms with Crippen molar-refractivity contribution in [2.45, 2.75) is 11.7 Å². The Hall–Kier alpha value is -4.17. The second kappa shape index (κ2) is 8.99. The molecule has 1 atom stereocenters. The molecule has 4 aromatic rings. The summed E-state index contributed by atoms with van der Waals surface area (Å²) in [4.78, 5) is 48.6. The molecule has 1 aliphatic rings. The Balaban J connectivity index is 1.38. The Morgan fingerprint density at radius 1 is 0.941 bits per heavy atom. The molecule has 1 unspecified atom stereocenters. The van der Waals surface area contributed by atoms with Crippen LogP contribution in [-0.2, 0) is 11.2 Å². The van der Waals surface area contributed by atoms with Crippen molar-refractivity contribution in [1.29, 1.82) is 0 Å². The summed E-state index contributed by atoms with van der Waals surface area (Å²) in [6.07, 6.45) is 0.401. The van der Waals surface area contributed by atoms with E-state index in [-0.39, 0.29) is 22.3 Å². The van der Waals surface area contributed by atoms with Crippen LogP contribution in [0.3, 0.4) is 0 Å². The van der Waals surface area contributed by atoms with E-state index in [1.54, 1.807) is 36.4 Å². The number of thioether (sulfide) groups is 1. The van der Waals surface area contributed by atoms with Crippen molar-refractivity contribution >= 4 is 45.5 Å². The molecule has 5 rings (SSSR count). The maximum atomic E-state index is 12.9. The van der Waals surface area contributed by atoms with E-state index in [9.17, 15) is 19.2 Å². The summed E-state index contributed by atoms with van der Waals surface area (Å²) in [5.74, 6) is -0.943. The first kappa shape index (κ1) is 21.7. The first-order valence-electron chi connectivity index (χ1n) is 10.5. The van der Waals surface area contributed by atoms with Crippen LogP contribution < -0.4 is 16.1 Å². The number of para-hydroxylation sites is 1. The van der Waals surface area contributed by atoms with Crippen molar-refractivity contribution in [2.24, 2.45) is 0 Å². The second-order valence-corrected chi connectivity index (χ2v) is 8.94. The molecular weight excluding hydrogens is 452 g/mol. The quantitative estimate of drug-likeness (QED) is 0.441. The topological polar surface area (TPSA) is 105 Å². The molecule has 3 amide bonds. The molecular formula is C26H18N2O5S. The van der Waals surface area contributed by atoms with E-state index < -0.39 is 11.2 Å². The smallest absolute Gasteiger partial charge is 0.291 e. The molecule has 8 heteroatoms. The van der Waals surface area contributed by atoms with Crippen molar-refractivity contribution in [1.82, 2.24) is 5.32 Å². The molecule has 1 aromatic heterocycles. The molecule has 0 radical (unpaired) electrons. The van der Waals surface area contributed by atoms with Crippen LogP contribution >= 0.6 is 11.8 Å². The summed E-state index contributed by atoms with van der Waals surface area (Å²) in [7, 11) is 0. The molecule has 3 aromatic carbocycles. The van der Waals surface area contributed by atoms with Gasteiger partial charge in [-0.2, -0.15) is 0 Å². The zero-order valence-electron chi connectivity index (χ0n) is 17.7. The van der Waals surface area contributed by atoms with Gasteiger partial charge in [0.2, 0.25) is 5.91 Å². The third-order valence-corrected chi connectivity index (χ3v) is 6.44. The Kier molecular flexibility index (Phi) is 5.73. The zero-order valence-corrected chi connectivity index (χ0v) is 18.6. The predicted molar refractivity (Wildman–Crippen MR) is 131 cm³/mol. The SMILES string of the molecule is O=C1NC(=O)C(Cc2ccc(NC(=O)c3cc(=O)c4cccc(-c5ccccc5)c4o3)cc2)S1. The Labute approximate surface area is 198 Å². The van der Waals surface area contributed by atoms with E-state index in [1.165, 1.54) is 6.07 Å². The van der Waals surface area contributed by atoms with Gasteiger partial charge >= 0.3 is 0 Å². The van der Waals surface area contributed by atoms with E-state index in [4.69, 9.17) is 4.42 Å². The predicted octanol–water partition coefficient (Wildman–Crippen LogP) is 4.61. The molecule has 1 saturated heterocycles. The molecule has 34 heavy (non-hydrogen) atoms. The summed E-state index contributed by atoms with van der Waals surface area (Å²) < 4.78 is 5.91. The molecule has 168 valence electrons. The van der Waals surface area contributed by atoms with Gasteiger partial charge < -0.3 is 9.73 Å². The molecule has 0 bridgehead atoms. The lowest BCUT2D eigenvalue weighted by atomic mass is 10.0. The molecule has 2 heterocycles. The number of amides is 3. The number of fused-ring (bicyclic) bond motifs is 1. The first-order valence-corrected chi connectivity index (χ1v) is 11.4. The minimum absolute atomic E-state index is 0.0949. The first-order chi connectivity index (χ1) is 16.5. The van der Waals surface area contributed by atoms with Gasteiger partial charge in [0, 0.05) is 17.3 Å². The van der Waals surface area contributed by atoms with Crippen LogP contribution in [0.15, 0.2) is 88.1 Å². The van der Waals surface area contributed by atoms with Crippen molar-refractivity contribution < 1.29 is 18.8 Å². The lowest BCUT2D eigenvalue weighted by Crippen LogP contribution is -2.25. The van der Waals surface area contributed by atoms with E-state index in [0.717, 1.165) is 28.5 Å². The number of hydrogen-bond donors (Lipinski definition) is 2. The molecule has 2 N–H and O–H groups in total. The number of carbonyl (C=O) groups excluding carboxylic acids is 3. The van der Waals surface area contributed by atoms with Gasteiger partial charge in [0.15, 0.2) is 11.2 Å². The number of imide groups is 1. The fraction of sp³-hybridized carbons (Fsp3) is 0.0769.